The highest BCUT2D eigenvalue weighted by atomic mass is 16.3. The van der Waals surface area contributed by atoms with Crippen LogP contribution in [-0.4, -0.2) is 62.9 Å². The van der Waals surface area contributed by atoms with Gasteiger partial charge in [0.2, 0.25) is 0 Å². The summed E-state index contributed by atoms with van der Waals surface area (Å²) < 4.78 is 1.73. The first-order valence-electron chi connectivity index (χ1n) is 11.6. The zero-order chi connectivity index (χ0) is 22.9. The van der Waals surface area contributed by atoms with Crippen LogP contribution < -0.4 is 5.32 Å². The van der Waals surface area contributed by atoms with Crippen molar-refractivity contribution in [2.24, 2.45) is 7.05 Å². The van der Waals surface area contributed by atoms with Gasteiger partial charge < -0.3 is 15.3 Å². The number of aliphatic hydroxyl groups excluding tert-OH is 1. The average molecular weight is 446 g/mol. The summed E-state index contributed by atoms with van der Waals surface area (Å²) in [7, 11) is 1.87. The first kappa shape index (κ1) is 21.7. The van der Waals surface area contributed by atoms with Gasteiger partial charge in [0.05, 0.1) is 18.0 Å². The third kappa shape index (κ3) is 4.79. The van der Waals surface area contributed by atoms with E-state index in [1.807, 2.05) is 31.4 Å². The van der Waals surface area contributed by atoms with Crippen molar-refractivity contribution in [1.29, 1.82) is 0 Å². The number of nitrogens with zero attached hydrogens (tertiary/aromatic N) is 4. The number of carbonyl (C=O) groups is 1. The van der Waals surface area contributed by atoms with Crippen molar-refractivity contribution in [2.45, 2.75) is 32.4 Å². The average Bonchev–Trinajstić information content (AvgIpc) is 3.20. The second-order valence-electron chi connectivity index (χ2n) is 9.31. The second kappa shape index (κ2) is 9.00. The van der Waals surface area contributed by atoms with Crippen LogP contribution in [0.5, 0.6) is 0 Å². The quantitative estimate of drug-likeness (QED) is 0.610. The number of anilines is 2. The van der Waals surface area contributed by atoms with E-state index in [0.29, 0.717) is 25.2 Å². The molecule has 2 aromatic carbocycles. The van der Waals surface area contributed by atoms with Gasteiger partial charge in [0.25, 0.3) is 5.91 Å². The molecule has 172 valence electrons. The van der Waals surface area contributed by atoms with Crippen LogP contribution in [0.3, 0.4) is 0 Å². The molecule has 3 heterocycles. The molecule has 1 amide bonds. The summed E-state index contributed by atoms with van der Waals surface area (Å²) in [5, 5.41) is 18.3. The van der Waals surface area contributed by atoms with Gasteiger partial charge in [0.1, 0.15) is 0 Å². The van der Waals surface area contributed by atoms with Gasteiger partial charge in [-0.1, -0.05) is 29.8 Å². The van der Waals surface area contributed by atoms with Crippen LogP contribution in [0, 0.1) is 6.92 Å². The topological polar surface area (TPSA) is 73.6 Å². The van der Waals surface area contributed by atoms with E-state index in [1.165, 1.54) is 16.7 Å². The van der Waals surface area contributed by atoms with Gasteiger partial charge >= 0.3 is 0 Å². The third-order valence-corrected chi connectivity index (χ3v) is 6.63. The Hall–Kier alpha value is -3.16. The summed E-state index contributed by atoms with van der Waals surface area (Å²) >= 11 is 0. The van der Waals surface area contributed by atoms with Gasteiger partial charge in [-0.05, 0) is 48.6 Å². The molecule has 2 aliphatic rings. The lowest BCUT2D eigenvalue weighted by molar-refractivity contribution is 0.0493. The molecule has 1 atom stereocenters. The molecule has 1 aromatic heterocycles. The Balaban J connectivity index is 1.21. The van der Waals surface area contributed by atoms with Gasteiger partial charge in [0, 0.05) is 57.2 Å². The fourth-order valence-electron chi connectivity index (χ4n) is 4.93. The third-order valence-electron chi connectivity index (χ3n) is 6.63. The van der Waals surface area contributed by atoms with Crippen LogP contribution >= 0.6 is 0 Å². The predicted molar refractivity (Wildman–Crippen MR) is 129 cm³/mol. The molecule has 2 aliphatic heterocycles. The lowest BCUT2D eigenvalue weighted by atomic mass is 9.97. The van der Waals surface area contributed by atoms with E-state index in [1.54, 1.807) is 15.8 Å². The van der Waals surface area contributed by atoms with E-state index in [9.17, 15) is 9.90 Å². The molecule has 7 nitrogen and oxygen atoms in total. The Morgan fingerprint density at radius 1 is 1.03 bits per heavy atom. The first-order valence-corrected chi connectivity index (χ1v) is 11.6. The standard InChI is InChI=1S/C26H31N5O2/c1-18-3-4-21-14-30(9-7-20(21)11-18)16-24(32)17-31-10-8-19-5-6-22(12-25(19)26(31)33)28-23-13-27-29(2)15-23/h3-6,11-13,15,24,28,32H,7-10,14,16-17H2,1-2H3/t24-/m1/s1. The Kier molecular flexibility index (Phi) is 5.91. The summed E-state index contributed by atoms with van der Waals surface area (Å²) in [5.74, 6) is -0.00963. The smallest absolute Gasteiger partial charge is 0.254 e. The van der Waals surface area contributed by atoms with Crippen molar-refractivity contribution in [3.63, 3.8) is 0 Å². The van der Waals surface area contributed by atoms with Crippen LogP contribution in [0.4, 0.5) is 11.4 Å². The van der Waals surface area contributed by atoms with Crippen LogP contribution in [0.2, 0.25) is 0 Å². The van der Waals surface area contributed by atoms with E-state index in [0.717, 1.165) is 42.9 Å². The van der Waals surface area contributed by atoms with Crippen molar-refractivity contribution < 1.29 is 9.90 Å². The molecule has 0 bridgehead atoms. The zero-order valence-electron chi connectivity index (χ0n) is 19.3. The minimum atomic E-state index is -0.570. The van der Waals surface area contributed by atoms with E-state index in [4.69, 9.17) is 0 Å². The molecule has 0 radical (unpaired) electrons. The second-order valence-corrected chi connectivity index (χ2v) is 9.31. The van der Waals surface area contributed by atoms with Gasteiger partial charge in [-0.2, -0.15) is 5.10 Å². The number of rotatable bonds is 6. The molecule has 2 N–H and O–H groups in total. The summed E-state index contributed by atoms with van der Waals surface area (Å²) in [5.41, 5.74) is 7.57. The Labute approximate surface area is 194 Å². The van der Waals surface area contributed by atoms with Crippen molar-refractivity contribution in [2.75, 3.05) is 31.5 Å². The number of fused-ring (bicyclic) bond motifs is 2. The molecule has 7 heteroatoms. The highest BCUT2D eigenvalue weighted by Crippen LogP contribution is 2.25. The zero-order valence-corrected chi connectivity index (χ0v) is 19.3. The molecule has 5 rings (SSSR count). The highest BCUT2D eigenvalue weighted by molar-refractivity contribution is 5.97. The number of aromatic nitrogens is 2. The molecule has 0 saturated carbocycles. The number of hydrogen-bond acceptors (Lipinski definition) is 5. The van der Waals surface area contributed by atoms with E-state index >= 15 is 0 Å². The molecular formula is C26H31N5O2. The molecule has 0 spiro atoms. The SMILES string of the molecule is Cc1ccc2c(c1)CCN(C[C@@H](O)CN1CCc3ccc(Nc4cnn(C)c4)cc3C1=O)C2. The van der Waals surface area contributed by atoms with Crippen LogP contribution in [0.15, 0.2) is 48.8 Å². The lowest BCUT2D eigenvalue weighted by Gasteiger charge is -2.34. The number of nitrogens with one attached hydrogen (secondary N) is 1. The number of aryl methyl sites for hydroxylation is 2. The minimum absolute atomic E-state index is 0.00963. The summed E-state index contributed by atoms with van der Waals surface area (Å²) in [6.07, 6.45) is 4.89. The van der Waals surface area contributed by atoms with Crippen LogP contribution in [0.1, 0.15) is 32.6 Å². The maximum Gasteiger partial charge on any atom is 0.254 e. The maximum atomic E-state index is 13.2. The summed E-state index contributed by atoms with van der Waals surface area (Å²) in [4.78, 5) is 17.3. The first-order chi connectivity index (χ1) is 15.9. The van der Waals surface area contributed by atoms with E-state index < -0.39 is 6.10 Å². The Morgan fingerprint density at radius 3 is 2.67 bits per heavy atom. The number of amides is 1. The minimum Gasteiger partial charge on any atom is -0.390 e. The van der Waals surface area contributed by atoms with Gasteiger partial charge in [-0.25, -0.2) is 0 Å². The highest BCUT2D eigenvalue weighted by Gasteiger charge is 2.27. The Bertz CT molecular complexity index is 1170. The largest absolute Gasteiger partial charge is 0.390 e. The lowest BCUT2D eigenvalue weighted by Crippen LogP contribution is -2.46. The molecule has 0 unspecified atom stereocenters. The normalized spacial score (nSPS) is 16.9. The van der Waals surface area contributed by atoms with Gasteiger partial charge in [0.15, 0.2) is 0 Å². The number of hydrogen-bond donors (Lipinski definition) is 2. The summed E-state index contributed by atoms with van der Waals surface area (Å²) in [6, 6.07) is 12.6. The van der Waals surface area contributed by atoms with E-state index in [2.05, 4.69) is 40.4 Å². The fraction of sp³-hybridized carbons (Fsp3) is 0.385. The van der Waals surface area contributed by atoms with Gasteiger partial charge in [-0.3, -0.25) is 14.4 Å². The van der Waals surface area contributed by atoms with Crippen LogP contribution in [0.25, 0.3) is 0 Å². The molecule has 3 aromatic rings. The molecule has 33 heavy (non-hydrogen) atoms. The molecule has 0 fully saturated rings. The summed E-state index contributed by atoms with van der Waals surface area (Å²) in [6.45, 7) is 5.49. The van der Waals surface area contributed by atoms with Crippen molar-refractivity contribution in [3.05, 3.63) is 76.6 Å². The molecular weight excluding hydrogens is 414 g/mol. The predicted octanol–water partition coefficient (Wildman–Crippen LogP) is 2.89. The number of benzene rings is 2. The number of β-amino-alcohol motifs (C(OH)–C–C–N with tert-alkyl or cyclic N) is 1. The van der Waals surface area contributed by atoms with Crippen LogP contribution in [-0.2, 0) is 26.4 Å². The molecule has 0 saturated heterocycles. The Morgan fingerprint density at radius 2 is 1.85 bits per heavy atom. The monoisotopic (exact) mass is 445 g/mol. The van der Waals surface area contributed by atoms with Crippen molar-refractivity contribution in [3.8, 4) is 0 Å². The fourth-order valence-corrected chi connectivity index (χ4v) is 4.93. The molecule has 0 aliphatic carbocycles. The van der Waals surface area contributed by atoms with E-state index in [-0.39, 0.29) is 5.91 Å². The van der Waals surface area contributed by atoms with Gasteiger partial charge in [-0.15, -0.1) is 0 Å². The van der Waals surface area contributed by atoms with Crippen molar-refractivity contribution >= 4 is 17.3 Å². The maximum absolute atomic E-state index is 13.2. The number of carbonyl (C=O) groups excluding carboxylic acids is 1. The van der Waals surface area contributed by atoms with Crippen molar-refractivity contribution in [1.82, 2.24) is 19.6 Å². The number of aliphatic hydroxyl groups is 1.